The van der Waals surface area contributed by atoms with Gasteiger partial charge in [0.1, 0.15) is 23.7 Å². The Morgan fingerprint density at radius 2 is 1.44 bits per heavy atom. The minimum absolute atomic E-state index is 0.0363. The van der Waals surface area contributed by atoms with Gasteiger partial charge in [0.05, 0.1) is 6.54 Å². The van der Waals surface area contributed by atoms with E-state index in [2.05, 4.69) is 36.9 Å². The maximum Gasteiger partial charge on any atom is 0.246 e. The van der Waals surface area contributed by atoms with Crippen molar-refractivity contribution in [1.29, 1.82) is 5.41 Å². The van der Waals surface area contributed by atoms with E-state index in [4.69, 9.17) is 16.9 Å². The summed E-state index contributed by atoms with van der Waals surface area (Å²) in [5, 5.41) is 25.1. The quantitative estimate of drug-likeness (QED) is 0.0351. The molecule has 1 aliphatic carbocycles. The van der Waals surface area contributed by atoms with Crippen LogP contribution in [0.5, 0.6) is 0 Å². The molecular weight excluding hydrogens is 753 g/mol. The minimum atomic E-state index is -1.33. The zero-order valence-electron chi connectivity index (χ0n) is 33.2. The van der Waals surface area contributed by atoms with Crippen molar-refractivity contribution in [3.63, 3.8) is 0 Å². The summed E-state index contributed by atoms with van der Waals surface area (Å²) in [4.78, 5) is 84.5. The van der Waals surface area contributed by atoms with Crippen LogP contribution >= 0.6 is 0 Å². The molecule has 4 atom stereocenters. The first-order valence-corrected chi connectivity index (χ1v) is 19.9. The van der Waals surface area contributed by atoms with Crippen molar-refractivity contribution in [1.82, 2.24) is 36.9 Å². The van der Waals surface area contributed by atoms with E-state index in [0.717, 1.165) is 33.2 Å². The van der Waals surface area contributed by atoms with E-state index < -0.39 is 59.7 Å². The van der Waals surface area contributed by atoms with Gasteiger partial charge in [-0.15, -0.1) is 0 Å². The van der Waals surface area contributed by atoms with E-state index >= 15 is 0 Å². The van der Waals surface area contributed by atoms with E-state index in [0.29, 0.717) is 19.3 Å². The predicted octanol–water partition coefficient (Wildman–Crippen LogP) is 1.12. The van der Waals surface area contributed by atoms with Crippen molar-refractivity contribution in [3.05, 3.63) is 107 Å². The van der Waals surface area contributed by atoms with Crippen molar-refractivity contribution in [2.24, 2.45) is 11.5 Å². The Balaban J connectivity index is 1.42. The lowest BCUT2D eigenvalue weighted by molar-refractivity contribution is -0.137. The number of aryl methyl sites for hydroxylation is 1. The number of aromatic amines is 1. The summed E-state index contributed by atoms with van der Waals surface area (Å²) < 4.78 is 0. The smallest absolute Gasteiger partial charge is 0.246 e. The lowest BCUT2D eigenvalue weighted by atomic mass is 9.77. The number of nitrogens with one attached hydrogen (secondary N) is 8. The second-order valence-corrected chi connectivity index (χ2v) is 14.9. The summed E-state index contributed by atoms with van der Waals surface area (Å²) in [6.07, 6.45) is 4.05. The molecule has 0 fully saturated rings. The lowest BCUT2D eigenvalue weighted by Crippen LogP contribution is -2.65. The van der Waals surface area contributed by atoms with Gasteiger partial charge in [-0.2, -0.15) is 0 Å². The lowest BCUT2D eigenvalue weighted by Gasteiger charge is -2.38. The average Bonchev–Trinajstić information content (AvgIpc) is 3.63. The second kappa shape index (κ2) is 20.6. The number of carbonyl (C=O) groups excluding carboxylic acids is 6. The summed E-state index contributed by atoms with van der Waals surface area (Å²) in [5.74, 6) is -3.86. The largest absolute Gasteiger partial charge is 0.370 e. The normalized spacial score (nSPS) is 16.0. The van der Waals surface area contributed by atoms with Gasteiger partial charge in [-0.05, 0) is 60.4 Å². The molecule has 0 aliphatic heterocycles. The summed E-state index contributed by atoms with van der Waals surface area (Å²) in [7, 11) is 0. The molecule has 0 spiro atoms. The maximum absolute atomic E-state index is 14.5. The van der Waals surface area contributed by atoms with Crippen molar-refractivity contribution < 1.29 is 28.8 Å². The topological polar surface area (TPSA) is 266 Å². The number of fused-ring (bicyclic) bond motifs is 2. The van der Waals surface area contributed by atoms with Gasteiger partial charge in [-0.1, -0.05) is 79.7 Å². The van der Waals surface area contributed by atoms with Gasteiger partial charge >= 0.3 is 0 Å². The van der Waals surface area contributed by atoms with E-state index in [-0.39, 0.29) is 56.9 Å². The number of benzene rings is 3. The van der Waals surface area contributed by atoms with Crippen molar-refractivity contribution >= 4 is 52.3 Å². The van der Waals surface area contributed by atoms with E-state index in [1.807, 2.05) is 85.8 Å². The van der Waals surface area contributed by atoms with Gasteiger partial charge in [-0.25, -0.2) is 0 Å². The number of primary amides is 1. The van der Waals surface area contributed by atoms with Crippen molar-refractivity contribution in [3.8, 4) is 0 Å². The number of rotatable bonds is 20. The third-order valence-electron chi connectivity index (χ3n) is 10.4. The number of guanidine groups is 1. The summed E-state index contributed by atoms with van der Waals surface area (Å²) in [5.41, 5.74) is 13.7. The van der Waals surface area contributed by atoms with Crippen LogP contribution in [0.2, 0.25) is 0 Å². The molecule has 0 bridgehead atoms. The number of hydrogen-bond donors (Lipinski definition) is 10. The molecule has 1 heterocycles. The number of H-pyrrole nitrogens is 1. The van der Waals surface area contributed by atoms with E-state index in [1.54, 1.807) is 6.20 Å². The zero-order chi connectivity index (χ0) is 42.4. The average molecular weight is 807 g/mol. The highest BCUT2D eigenvalue weighted by atomic mass is 16.2. The standard InChI is InChI=1S/C43H54N10O6/c1-2-11-37(55)53-43(20-19-28-14-6-7-15-29(28)24-43)41(59)52-34(22-27-12-4-3-5-13-27)40(58)50-33(18-10-21-47-42(45)46)39(57)51-35(38(56)49-26-36(44)54)23-30-25-48-32-17-9-8-16-31(30)32/h3-9,12-17,25,33-35,48H,2,10-11,18-24,26H2,1H3,(H2,44,54)(H,49,56)(H,50,58)(H,51,57)(H,52,59)(H,53,55)(H4,45,46,47)/t33-,34+,35-,43?/m0/s1. The second-order valence-electron chi connectivity index (χ2n) is 14.9. The Bertz CT molecular complexity index is 2140. The molecule has 312 valence electrons. The number of nitrogens with two attached hydrogens (primary N) is 2. The zero-order valence-corrected chi connectivity index (χ0v) is 33.2. The highest BCUT2D eigenvalue weighted by molar-refractivity contribution is 5.98. The first-order valence-electron chi connectivity index (χ1n) is 19.9. The minimum Gasteiger partial charge on any atom is -0.370 e. The Morgan fingerprint density at radius 3 is 2.17 bits per heavy atom. The Labute approximate surface area is 342 Å². The van der Waals surface area contributed by atoms with Crippen molar-refractivity contribution in [2.45, 2.75) is 88.4 Å². The molecule has 4 aromatic rings. The fourth-order valence-corrected chi connectivity index (χ4v) is 7.37. The van der Waals surface area contributed by atoms with Gasteiger partial charge < -0.3 is 48.4 Å². The van der Waals surface area contributed by atoms with E-state index in [9.17, 15) is 28.8 Å². The van der Waals surface area contributed by atoms with Crippen LogP contribution in [0.25, 0.3) is 10.9 Å². The Kier molecular flexibility index (Phi) is 15.2. The fraction of sp³-hybridized carbons (Fsp3) is 0.372. The highest BCUT2D eigenvalue weighted by Crippen LogP contribution is 2.30. The fourth-order valence-electron chi connectivity index (χ4n) is 7.37. The van der Waals surface area contributed by atoms with Gasteiger partial charge in [0, 0.05) is 49.3 Å². The molecule has 6 amide bonds. The summed E-state index contributed by atoms with van der Waals surface area (Å²) >= 11 is 0. The number of amides is 6. The number of hydrogen-bond acceptors (Lipinski definition) is 7. The Morgan fingerprint density at radius 1 is 0.780 bits per heavy atom. The molecule has 3 aromatic carbocycles. The number of aromatic nitrogens is 1. The highest BCUT2D eigenvalue weighted by Gasteiger charge is 2.44. The molecule has 1 unspecified atom stereocenters. The molecule has 12 N–H and O–H groups in total. The third-order valence-corrected chi connectivity index (χ3v) is 10.4. The summed E-state index contributed by atoms with van der Waals surface area (Å²) in [6.45, 7) is 1.63. The molecule has 0 saturated heterocycles. The molecule has 16 heteroatoms. The molecule has 16 nitrogen and oxygen atoms in total. The van der Waals surface area contributed by atoms with Crippen LogP contribution in [-0.2, 0) is 54.5 Å². The number of para-hydroxylation sites is 1. The predicted molar refractivity (Wildman–Crippen MR) is 224 cm³/mol. The van der Waals surface area contributed by atoms with Gasteiger partial charge in [0.2, 0.25) is 35.4 Å². The third kappa shape index (κ3) is 12.1. The van der Waals surface area contributed by atoms with Gasteiger partial charge in [0.25, 0.3) is 0 Å². The monoisotopic (exact) mass is 806 g/mol. The van der Waals surface area contributed by atoms with Crippen LogP contribution in [0.15, 0.2) is 85.1 Å². The number of carbonyl (C=O) groups is 6. The molecule has 1 aromatic heterocycles. The maximum atomic E-state index is 14.5. The van der Waals surface area contributed by atoms with Crippen LogP contribution in [0.4, 0.5) is 0 Å². The SMILES string of the molecule is CCCC(=O)NC1(C(=O)N[C@H](Cc2ccccc2)C(=O)N[C@@H](CCCNC(=N)N)C(=O)N[C@@H](Cc2c[nH]c3ccccc23)C(=O)NCC(N)=O)CCc2ccccc2C1. The first kappa shape index (κ1) is 43.4. The first-order chi connectivity index (χ1) is 28.4. The summed E-state index contributed by atoms with van der Waals surface area (Å²) in [6, 6.07) is 20.7. The van der Waals surface area contributed by atoms with Crippen LogP contribution in [0.3, 0.4) is 0 Å². The molecule has 59 heavy (non-hydrogen) atoms. The van der Waals surface area contributed by atoms with E-state index in [1.165, 1.54) is 0 Å². The van der Waals surface area contributed by atoms with Crippen LogP contribution in [-0.4, -0.2) is 83.1 Å². The van der Waals surface area contributed by atoms with Gasteiger partial charge in [-0.3, -0.25) is 34.2 Å². The molecule has 0 radical (unpaired) electrons. The van der Waals surface area contributed by atoms with Crippen LogP contribution in [0, 0.1) is 5.41 Å². The van der Waals surface area contributed by atoms with Crippen LogP contribution < -0.4 is 43.4 Å². The van der Waals surface area contributed by atoms with Crippen molar-refractivity contribution in [2.75, 3.05) is 13.1 Å². The molecule has 5 rings (SSSR count). The molecule has 1 aliphatic rings. The van der Waals surface area contributed by atoms with Crippen LogP contribution in [0.1, 0.15) is 61.3 Å². The molecular formula is C43H54N10O6. The van der Waals surface area contributed by atoms with Gasteiger partial charge in [0.15, 0.2) is 5.96 Å². The Hall–Kier alpha value is -6.71. The molecule has 0 saturated carbocycles.